The Hall–Kier alpha value is -5.35. The Morgan fingerprint density at radius 1 is 0.181 bits per heavy atom. The molecular formula is C54B36N4. The predicted octanol–water partition coefficient (Wildman–Crippen LogP) is -30.2. The maximum Gasteiger partial charge on any atom is 0.135 e. The number of aromatic nitrogens is 4. The van der Waals surface area contributed by atoms with Gasteiger partial charge in [0.1, 0.15) is 294 Å². The zero-order valence-corrected chi connectivity index (χ0v) is 49.6. The van der Waals surface area contributed by atoms with E-state index in [4.69, 9.17) is 287 Å². The van der Waals surface area contributed by atoms with Crippen molar-refractivity contribution >= 4 is 545 Å². The summed E-state index contributed by atoms with van der Waals surface area (Å²) < 4.78 is 3.86. The van der Waals surface area contributed by atoms with Crippen LogP contribution in [0.15, 0.2) is 0 Å². The number of nitrogens with zero attached hydrogens (tertiary/aromatic N) is 4. The van der Waals surface area contributed by atoms with Gasteiger partial charge in [0, 0.05) is 44.2 Å². The van der Waals surface area contributed by atoms with Crippen LogP contribution in [0, 0.1) is 0 Å². The molecule has 0 aliphatic rings. The zero-order chi connectivity index (χ0) is 69.5. The fraction of sp³-hybridized carbons (Fsp3) is 0.0185. The van der Waals surface area contributed by atoms with Crippen LogP contribution in [0.2, 0.25) is 0 Å². The van der Waals surface area contributed by atoms with Crippen molar-refractivity contribution in [1.29, 1.82) is 0 Å². The Morgan fingerprint density at radius 2 is 0.394 bits per heavy atom. The molecule has 0 N–H and O–H groups in total. The van der Waals surface area contributed by atoms with Crippen molar-refractivity contribution in [3.05, 3.63) is 16.8 Å². The largest absolute Gasteiger partial charge is 0.322 e. The molecule has 0 unspecified atom stereocenters. The van der Waals surface area contributed by atoms with E-state index < -0.39 is 88.3 Å². The molecule has 0 spiro atoms. The second-order valence-corrected chi connectivity index (χ2v) is 22.8. The Balaban J connectivity index is 1.42. The summed E-state index contributed by atoms with van der Waals surface area (Å²) in [7, 11) is 252. The number of hydrogen-bond donors (Lipinski definition) is 0. The molecule has 8 aromatic carbocycles. The van der Waals surface area contributed by atoms with Crippen LogP contribution in [-0.4, -0.2) is 301 Å². The molecule has 0 amide bonds. The summed E-state index contributed by atoms with van der Waals surface area (Å²) in [6.07, 6.45) is 0. The second-order valence-electron chi connectivity index (χ2n) is 22.8. The average Bonchev–Trinajstić information content (AvgIpc) is 1.37. The Labute approximate surface area is 592 Å². The van der Waals surface area contributed by atoms with Gasteiger partial charge < -0.3 is 9.13 Å². The number of benzene rings is 8. The maximum absolute atomic E-state index is 7.60. The molecule has 344 valence electrons. The van der Waals surface area contributed by atoms with Crippen LogP contribution in [-0.2, 0) is 5.54 Å². The summed E-state index contributed by atoms with van der Waals surface area (Å²) in [6, 6.07) is 0. The quantitative estimate of drug-likeness (QED) is 0.153. The van der Waals surface area contributed by atoms with Crippen molar-refractivity contribution < 1.29 is 0 Å². The standard InChI is InChI=1S/C54B36N4/c55-9-1-2-10(56)20(66)31(77)37(83)46(2)92(45(1)36(82)30(76)19(9)65)51-14(60)6-3-11(57)21(67)32(78)38(84)47(3)93(48(6)41(87)42(51)88)53-44(90)35(81)43(89)52(91-53)54(7-15(61)24(70)28(74)25(71)16(7)62,8-17(63)26(72)29(75)27(73)18(8)64)94-49-4(12(58)22(68)33(79)39(49)85)5-13(59)23(69)34(80)40(86)50(5)94. The van der Waals surface area contributed by atoms with Crippen LogP contribution in [0.4, 0.5) is 0 Å². The van der Waals surface area contributed by atoms with Crippen molar-refractivity contribution in [2.45, 2.75) is 5.54 Å². The van der Waals surface area contributed by atoms with E-state index in [0.29, 0.717) is 0 Å². The number of hydrogen-bond acceptors (Lipinski definition) is 1. The lowest BCUT2D eigenvalue weighted by Gasteiger charge is -2.47. The van der Waals surface area contributed by atoms with Crippen LogP contribution in [0.25, 0.3) is 76.9 Å². The number of pyridine rings is 1. The molecular weight excluding hydrogens is 1090 g/mol. The highest BCUT2D eigenvalue weighted by molar-refractivity contribution is 6.77. The molecule has 94 heavy (non-hydrogen) atoms. The van der Waals surface area contributed by atoms with Gasteiger partial charge in [-0.15, -0.1) is 92.9 Å². The van der Waals surface area contributed by atoms with Crippen molar-refractivity contribution in [2.75, 3.05) is 0 Å². The van der Waals surface area contributed by atoms with Gasteiger partial charge in [0.2, 0.25) is 0 Å². The van der Waals surface area contributed by atoms with E-state index in [0.717, 1.165) is 0 Å². The molecule has 0 atom stereocenters. The molecule has 0 bridgehead atoms. The van der Waals surface area contributed by atoms with Gasteiger partial charge in [0.05, 0.1) is 5.69 Å². The van der Waals surface area contributed by atoms with Crippen molar-refractivity contribution in [3.63, 3.8) is 0 Å². The van der Waals surface area contributed by atoms with Crippen LogP contribution >= 0.6 is 0 Å². The highest BCUT2D eigenvalue weighted by atomic mass is 15.1. The monoisotopic (exact) mass is 1100 g/mol. The van der Waals surface area contributed by atoms with E-state index in [1.807, 2.05) is 0 Å². The maximum atomic E-state index is 7.60. The summed E-state index contributed by atoms with van der Waals surface area (Å²) >= 11 is 0. The topological polar surface area (TPSA) is 27.7 Å². The molecule has 12 rings (SSSR count). The van der Waals surface area contributed by atoms with Gasteiger partial charge in [-0.1, -0.05) is 104 Å². The molecule has 4 nitrogen and oxygen atoms in total. The van der Waals surface area contributed by atoms with Crippen molar-refractivity contribution in [3.8, 4) is 11.5 Å². The fourth-order valence-electron chi connectivity index (χ4n) is 13.3. The van der Waals surface area contributed by atoms with Gasteiger partial charge >= 0.3 is 0 Å². The molecule has 0 aliphatic heterocycles. The summed E-state index contributed by atoms with van der Waals surface area (Å²) in [5.74, 6) is -0.521. The lowest BCUT2D eigenvalue weighted by molar-refractivity contribution is 0.550. The minimum Gasteiger partial charge on any atom is -0.322 e. The summed E-state index contributed by atoms with van der Waals surface area (Å²) in [6.45, 7) is 0. The Bertz CT molecular complexity index is 5360. The van der Waals surface area contributed by atoms with E-state index in [9.17, 15) is 0 Å². The predicted molar refractivity (Wildman–Crippen MR) is 434 cm³/mol. The van der Waals surface area contributed by atoms with E-state index >= 15 is 0 Å². The van der Waals surface area contributed by atoms with Crippen LogP contribution in [0.3, 0.4) is 0 Å². The molecule has 72 radical (unpaired) electrons. The van der Waals surface area contributed by atoms with Crippen molar-refractivity contribution in [2.24, 2.45) is 0 Å². The zero-order valence-electron chi connectivity index (χ0n) is 49.6. The van der Waals surface area contributed by atoms with Gasteiger partial charge in [-0.2, -0.15) is 0 Å². The first-order valence-corrected chi connectivity index (χ1v) is 27.4. The molecule has 0 saturated heterocycles. The molecule has 4 heterocycles. The van der Waals surface area contributed by atoms with Gasteiger partial charge in [-0.05, 0) is 38.1 Å². The van der Waals surface area contributed by atoms with Gasteiger partial charge in [0.15, 0.2) is 0 Å². The average molecular weight is 1090 g/mol. The lowest BCUT2D eigenvalue weighted by Crippen LogP contribution is -2.67. The van der Waals surface area contributed by atoms with E-state index in [1.165, 1.54) is 13.7 Å². The fourth-order valence-corrected chi connectivity index (χ4v) is 13.3. The van der Waals surface area contributed by atoms with Crippen molar-refractivity contribution in [1.82, 2.24) is 18.7 Å². The molecule has 0 aliphatic carbocycles. The van der Waals surface area contributed by atoms with Gasteiger partial charge in [-0.3, -0.25) is 4.57 Å². The first-order chi connectivity index (χ1) is 43.8. The Kier molecular flexibility index (Phi) is 16.7. The molecule has 40 heteroatoms. The third kappa shape index (κ3) is 8.43. The molecule has 0 saturated carbocycles. The lowest BCUT2D eigenvalue weighted by atomic mass is 9.51. The van der Waals surface area contributed by atoms with Crippen LogP contribution < -0.4 is 197 Å². The van der Waals surface area contributed by atoms with E-state index in [1.54, 1.807) is 0 Å². The second kappa shape index (κ2) is 22.9. The number of fused-ring (bicyclic) bond motifs is 9. The number of rotatable bonds is 6. The minimum atomic E-state index is -2.97. The summed E-state index contributed by atoms with van der Waals surface area (Å²) in [5, 5.41) is -0.276. The van der Waals surface area contributed by atoms with Crippen LogP contribution in [0.5, 0.6) is 0 Å². The Morgan fingerprint density at radius 3 is 0.702 bits per heavy atom. The third-order valence-corrected chi connectivity index (χ3v) is 18.3. The SMILES string of the molecule is [B]c1c(-n2c3c([B])c([B])c([B])c([B])c3c3c([B])c(-n4c5c([B])c([B])c([B])c([B])c5c5c([B])c([B])c([B])c([B])c54)c([B])c([B])c32)nc(C(c2c([B])c([B])c([B])c([B])c2[B])(c2c([B])c([B])c([B])c([B])c2[B])n2c3c([B])c([B])c([B])c([B])c3c3c([B])c([B])c([B])c([B])c32)c([B])c1[B]. The van der Waals surface area contributed by atoms with Crippen LogP contribution in [0.1, 0.15) is 16.8 Å². The minimum absolute atomic E-state index is 0.00774. The van der Waals surface area contributed by atoms with E-state index in [-0.39, 0.29) is 208 Å². The summed E-state index contributed by atoms with van der Waals surface area (Å²) in [5.41, 5.74) is -17.8. The smallest absolute Gasteiger partial charge is 0.135 e. The normalized spacial score (nSPS) is 12.1. The summed E-state index contributed by atoms with van der Waals surface area (Å²) in [4.78, 5) is 5.42. The van der Waals surface area contributed by atoms with E-state index in [2.05, 4.69) is 0 Å². The van der Waals surface area contributed by atoms with Gasteiger partial charge in [-0.25, -0.2) is 4.98 Å². The highest BCUT2D eigenvalue weighted by Crippen LogP contribution is 2.42. The first-order valence-electron chi connectivity index (χ1n) is 27.4. The highest BCUT2D eigenvalue weighted by Gasteiger charge is 2.49. The molecule has 12 aromatic rings. The third-order valence-electron chi connectivity index (χ3n) is 18.3. The van der Waals surface area contributed by atoms with Gasteiger partial charge in [0.25, 0.3) is 0 Å². The molecule has 4 aromatic heterocycles. The first kappa shape index (κ1) is 68.6. The molecule has 0 fully saturated rings.